The number of rotatable bonds is 3. The molecule has 1 unspecified atom stereocenters. The predicted molar refractivity (Wildman–Crippen MR) is 75.8 cm³/mol. The highest BCUT2D eigenvalue weighted by Crippen LogP contribution is 2.31. The van der Waals surface area contributed by atoms with Crippen molar-refractivity contribution in [1.82, 2.24) is 9.55 Å². The third kappa shape index (κ3) is 2.18. The summed E-state index contributed by atoms with van der Waals surface area (Å²) >= 11 is 0. The smallest absolute Gasteiger partial charge is 0.203 e. The zero-order chi connectivity index (χ0) is 13.2. The lowest BCUT2D eigenvalue weighted by Crippen LogP contribution is -2.23. The lowest BCUT2D eigenvalue weighted by atomic mass is 10.0. The molecular formula is C15H19N3O. The first kappa shape index (κ1) is 12.1. The number of hydrogen-bond acceptors (Lipinski definition) is 3. The standard InChI is InChI=1S/C15H19N3O/c1-3-12-10-18-14(7-8-16-15(18)17-12)11-5-4-6-13(9-11)19-2/h4-6,9-10,14H,3,7-8H2,1-2H3,(H,16,17). The average molecular weight is 257 g/mol. The highest BCUT2D eigenvalue weighted by atomic mass is 16.5. The van der Waals surface area contributed by atoms with E-state index in [9.17, 15) is 0 Å². The number of hydrogen-bond donors (Lipinski definition) is 1. The van der Waals surface area contributed by atoms with Gasteiger partial charge in [0, 0.05) is 12.7 Å². The van der Waals surface area contributed by atoms with Gasteiger partial charge in [-0.1, -0.05) is 19.1 Å². The van der Waals surface area contributed by atoms with E-state index in [2.05, 4.69) is 40.1 Å². The zero-order valence-electron chi connectivity index (χ0n) is 11.4. The number of methoxy groups -OCH3 is 1. The first-order valence-corrected chi connectivity index (χ1v) is 6.77. The molecule has 0 saturated carbocycles. The minimum Gasteiger partial charge on any atom is -0.497 e. The van der Waals surface area contributed by atoms with Crippen molar-refractivity contribution >= 4 is 5.95 Å². The Morgan fingerprint density at radius 3 is 3.16 bits per heavy atom. The van der Waals surface area contributed by atoms with Crippen molar-refractivity contribution in [3.8, 4) is 5.75 Å². The summed E-state index contributed by atoms with van der Waals surface area (Å²) < 4.78 is 7.57. The Hall–Kier alpha value is -1.97. The normalized spacial score (nSPS) is 17.7. The lowest BCUT2D eigenvalue weighted by molar-refractivity contribution is 0.412. The van der Waals surface area contributed by atoms with Gasteiger partial charge in [0.25, 0.3) is 0 Å². The van der Waals surface area contributed by atoms with Crippen LogP contribution in [-0.4, -0.2) is 23.2 Å². The molecule has 1 aromatic carbocycles. The number of anilines is 1. The van der Waals surface area contributed by atoms with Crippen LogP contribution in [0.4, 0.5) is 5.95 Å². The second-order valence-corrected chi connectivity index (χ2v) is 4.82. The van der Waals surface area contributed by atoms with Gasteiger partial charge in [-0.15, -0.1) is 0 Å². The van der Waals surface area contributed by atoms with Crippen LogP contribution in [0.3, 0.4) is 0 Å². The number of nitrogens with one attached hydrogen (secondary N) is 1. The molecule has 1 aliphatic heterocycles. The van der Waals surface area contributed by atoms with Gasteiger partial charge in [0.05, 0.1) is 18.8 Å². The monoisotopic (exact) mass is 257 g/mol. The number of aromatic nitrogens is 2. The summed E-state index contributed by atoms with van der Waals surface area (Å²) in [5.74, 6) is 1.89. The predicted octanol–water partition coefficient (Wildman–Crippen LogP) is 2.86. The summed E-state index contributed by atoms with van der Waals surface area (Å²) in [5.41, 5.74) is 2.42. The first-order chi connectivity index (χ1) is 9.31. The number of imidazole rings is 1. The van der Waals surface area contributed by atoms with Gasteiger partial charge in [-0.25, -0.2) is 4.98 Å². The van der Waals surface area contributed by atoms with Gasteiger partial charge < -0.3 is 14.6 Å². The Bertz CT molecular complexity index is 577. The van der Waals surface area contributed by atoms with Crippen LogP contribution in [0.2, 0.25) is 0 Å². The molecule has 0 aliphatic carbocycles. The van der Waals surface area contributed by atoms with Gasteiger partial charge in [-0.2, -0.15) is 0 Å². The largest absolute Gasteiger partial charge is 0.497 e. The quantitative estimate of drug-likeness (QED) is 0.919. The second kappa shape index (κ2) is 4.96. The fourth-order valence-corrected chi connectivity index (χ4v) is 2.62. The van der Waals surface area contributed by atoms with Crippen LogP contribution in [0.15, 0.2) is 30.5 Å². The lowest BCUT2D eigenvalue weighted by Gasteiger charge is -2.26. The van der Waals surface area contributed by atoms with Crippen molar-refractivity contribution in [2.45, 2.75) is 25.8 Å². The van der Waals surface area contributed by atoms with Crippen molar-refractivity contribution in [1.29, 1.82) is 0 Å². The van der Waals surface area contributed by atoms with Crippen molar-refractivity contribution in [3.05, 3.63) is 41.7 Å². The molecule has 2 aromatic rings. The van der Waals surface area contributed by atoms with Gasteiger partial charge in [0.2, 0.25) is 5.95 Å². The maximum absolute atomic E-state index is 5.32. The molecule has 0 saturated heterocycles. The van der Waals surface area contributed by atoms with Crippen LogP contribution >= 0.6 is 0 Å². The number of benzene rings is 1. The van der Waals surface area contributed by atoms with Crippen molar-refractivity contribution in [2.24, 2.45) is 0 Å². The molecule has 0 bridgehead atoms. The zero-order valence-corrected chi connectivity index (χ0v) is 11.4. The van der Waals surface area contributed by atoms with E-state index >= 15 is 0 Å². The van der Waals surface area contributed by atoms with Gasteiger partial charge in [-0.3, -0.25) is 0 Å². The third-order valence-electron chi connectivity index (χ3n) is 3.66. The van der Waals surface area contributed by atoms with Gasteiger partial charge >= 0.3 is 0 Å². The van der Waals surface area contributed by atoms with Crippen LogP contribution in [0.25, 0.3) is 0 Å². The maximum Gasteiger partial charge on any atom is 0.203 e. The Morgan fingerprint density at radius 1 is 1.47 bits per heavy atom. The molecule has 1 aromatic heterocycles. The molecule has 1 aliphatic rings. The molecule has 1 atom stereocenters. The van der Waals surface area contributed by atoms with Crippen molar-refractivity contribution in [3.63, 3.8) is 0 Å². The van der Waals surface area contributed by atoms with E-state index in [-0.39, 0.29) is 0 Å². The first-order valence-electron chi connectivity index (χ1n) is 6.77. The number of ether oxygens (including phenoxy) is 1. The van der Waals surface area contributed by atoms with Gasteiger partial charge in [0.15, 0.2) is 0 Å². The number of nitrogens with zero attached hydrogens (tertiary/aromatic N) is 2. The van der Waals surface area contributed by atoms with E-state index in [1.54, 1.807) is 7.11 Å². The fraction of sp³-hybridized carbons (Fsp3) is 0.400. The Balaban J connectivity index is 2.00. The molecule has 100 valence electrons. The Kier molecular flexibility index (Phi) is 3.15. The highest BCUT2D eigenvalue weighted by molar-refractivity contribution is 5.38. The van der Waals surface area contributed by atoms with Gasteiger partial charge in [0.1, 0.15) is 5.75 Å². The van der Waals surface area contributed by atoms with E-state index in [1.807, 2.05) is 12.1 Å². The van der Waals surface area contributed by atoms with Crippen LogP contribution in [-0.2, 0) is 6.42 Å². The molecule has 1 N–H and O–H groups in total. The summed E-state index contributed by atoms with van der Waals surface area (Å²) in [6.45, 7) is 3.09. The second-order valence-electron chi connectivity index (χ2n) is 4.82. The molecule has 2 heterocycles. The Morgan fingerprint density at radius 2 is 2.37 bits per heavy atom. The van der Waals surface area contributed by atoms with Crippen molar-refractivity contribution < 1.29 is 4.74 Å². The fourth-order valence-electron chi connectivity index (χ4n) is 2.62. The molecular weight excluding hydrogens is 238 g/mol. The van der Waals surface area contributed by atoms with Crippen LogP contribution in [0.5, 0.6) is 5.75 Å². The summed E-state index contributed by atoms with van der Waals surface area (Å²) in [6, 6.07) is 8.66. The summed E-state index contributed by atoms with van der Waals surface area (Å²) in [5, 5.41) is 3.37. The summed E-state index contributed by atoms with van der Waals surface area (Å²) in [4.78, 5) is 4.61. The van der Waals surface area contributed by atoms with E-state index in [0.29, 0.717) is 6.04 Å². The SMILES string of the molecule is CCc1cn2c(n1)NCCC2c1cccc(OC)c1. The van der Waals surface area contributed by atoms with E-state index in [4.69, 9.17) is 4.74 Å². The topological polar surface area (TPSA) is 39.1 Å². The molecule has 0 amide bonds. The molecule has 4 nitrogen and oxygen atoms in total. The third-order valence-corrected chi connectivity index (χ3v) is 3.66. The molecule has 19 heavy (non-hydrogen) atoms. The van der Waals surface area contributed by atoms with E-state index in [0.717, 1.165) is 36.8 Å². The molecule has 3 rings (SSSR count). The average Bonchev–Trinajstić information content (AvgIpc) is 2.90. The minimum absolute atomic E-state index is 0.346. The van der Waals surface area contributed by atoms with Crippen LogP contribution in [0.1, 0.15) is 30.6 Å². The molecule has 4 heteroatoms. The minimum atomic E-state index is 0.346. The summed E-state index contributed by atoms with van der Waals surface area (Å²) in [7, 11) is 1.71. The number of fused-ring (bicyclic) bond motifs is 1. The molecule has 0 radical (unpaired) electrons. The summed E-state index contributed by atoms with van der Waals surface area (Å²) in [6.07, 6.45) is 4.19. The number of aryl methyl sites for hydroxylation is 1. The van der Waals surface area contributed by atoms with Gasteiger partial charge in [-0.05, 0) is 30.5 Å². The molecule has 0 spiro atoms. The Labute approximate surface area is 113 Å². The highest BCUT2D eigenvalue weighted by Gasteiger charge is 2.22. The van der Waals surface area contributed by atoms with Crippen LogP contribution in [0, 0.1) is 0 Å². The van der Waals surface area contributed by atoms with E-state index in [1.165, 1.54) is 5.56 Å². The van der Waals surface area contributed by atoms with Crippen LogP contribution < -0.4 is 10.1 Å². The maximum atomic E-state index is 5.32. The molecule has 0 fully saturated rings. The van der Waals surface area contributed by atoms with Crippen molar-refractivity contribution in [2.75, 3.05) is 19.0 Å². The van der Waals surface area contributed by atoms with E-state index < -0.39 is 0 Å².